The molecule has 5 rings (SSSR count). The van der Waals surface area contributed by atoms with E-state index in [1.165, 1.54) is 0 Å². The molecule has 2 aromatic heterocycles. The first-order valence-corrected chi connectivity index (χ1v) is 16.5. The van der Waals surface area contributed by atoms with Crippen molar-refractivity contribution in [1.29, 1.82) is 0 Å². The van der Waals surface area contributed by atoms with Crippen LogP contribution in [-0.4, -0.2) is 50.3 Å². The molecule has 45 heavy (non-hydrogen) atoms. The molecular weight excluding hydrogens is 566 g/mol. The minimum Gasteiger partial charge on any atom is -0.668 e. The zero-order valence-electron chi connectivity index (χ0n) is 26.3. The number of nitrogens with zero attached hydrogens (tertiary/aromatic N) is 2. The third kappa shape index (κ3) is 8.40. The van der Waals surface area contributed by atoms with Gasteiger partial charge in [0.05, 0.1) is 18.8 Å². The van der Waals surface area contributed by atoms with Crippen molar-refractivity contribution in [2.24, 2.45) is 17.3 Å². The fraction of sp³-hybridized carbons (Fsp3) is 0.541. The number of nitrogens with two attached hydrogens (primary N) is 1. The lowest BCUT2D eigenvalue weighted by molar-refractivity contribution is -0.0231. The van der Waals surface area contributed by atoms with Crippen LogP contribution in [0.3, 0.4) is 0 Å². The summed E-state index contributed by atoms with van der Waals surface area (Å²) in [5.41, 5.74) is 8.82. The lowest BCUT2D eigenvalue weighted by Crippen LogP contribution is -2.37. The molecular formula is C37H48N3O5-. The van der Waals surface area contributed by atoms with Crippen LogP contribution in [0.5, 0.6) is 11.5 Å². The molecule has 1 fully saturated rings. The number of aliphatic hydroxyl groups excluding tert-OH is 3. The van der Waals surface area contributed by atoms with Gasteiger partial charge in [-0.25, -0.2) is 4.98 Å². The van der Waals surface area contributed by atoms with Crippen LogP contribution in [-0.2, 0) is 12.8 Å². The summed E-state index contributed by atoms with van der Waals surface area (Å²) in [6.07, 6.45) is 10.3. The van der Waals surface area contributed by atoms with Gasteiger partial charge < -0.3 is 35.9 Å². The minimum absolute atomic E-state index is 0.0150. The fourth-order valence-corrected chi connectivity index (χ4v) is 7.29. The maximum Gasteiger partial charge on any atom is 0.161 e. The van der Waals surface area contributed by atoms with E-state index in [1.807, 2.05) is 30.3 Å². The first-order chi connectivity index (χ1) is 21.8. The molecule has 1 aromatic carbocycles. The van der Waals surface area contributed by atoms with Crippen LogP contribution in [0.25, 0.3) is 0 Å². The molecule has 0 aliphatic heterocycles. The Hall–Kier alpha value is -3.51. The van der Waals surface area contributed by atoms with Gasteiger partial charge in [0.15, 0.2) is 11.5 Å². The standard InChI is InChI=1S/C37H48N3O5/c1-2-37-15-3-6-26(13-17-37)36(44)31(8-4-16-37)32(42)11-9-25-10-12-33(43)34(20-25)45-30(24-41)22-28(21-29-7-5-18-39-29)27-14-19-40-35(38)23-27/h5,7,10,12,14,18-20,23,26,28,30-32,36,41-44H,2-3,6,8-9,11,13,15,17,21-22,24H2,1H3,(H2,38,40)/q-1. The second-order valence-corrected chi connectivity index (χ2v) is 13.1. The quantitative estimate of drug-likeness (QED) is 0.167. The Morgan fingerprint density at radius 2 is 2.04 bits per heavy atom. The Labute approximate surface area is 267 Å². The van der Waals surface area contributed by atoms with Crippen molar-refractivity contribution in [1.82, 2.24) is 9.97 Å². The van der Waals surface area contributed by atoms with Gasteiger partial charge in [-0.1, -0.05) is 37.5 Å². The van der Waals surface area contributed by atoms with Gasteiger partial charge in [-0.2, -0.15) is 11.9 Å². The summed E-state index contributed by atoms with van der Waals surface area (Å²) in [5, 5.41) is 43.6. The Balaban J connectivity index is 1.25. The third-order valence-electron chi connectivity index (χ3n) is 10.2. The average Bonchev–Trinajstić information content (AvgIpc) is 3.49. The minimum atomic E-state index is -0.702. The summed E-state index contributed by atoms with van der Waals surface area (Å²) >= 11 is 0. The molecule has 7 atom stereocenters. The predicted molar refractivity (Wildman–Crippen MR) is 175 cm³/mol. The van der Waals surface area contributed by atoms with E-state index in [0.717, 1.165) is 55.3 Å². The Kier molecular flexibility index (Phi) is 11.1. The maximum atomic E-state index is 11.4. The van der Waals surface area contributed by atoms with Crippen molar-refractivity contribution in [3.63, 3.8) is 0 Å². The number of hydrogen-bond acceptors (Lipinski definition) is 7. The van der Waals surface area contributed by atoms with Crippen LogP contribution in [0, 0.1) is 29.1 Å². The van der Waals surface area contributed by atoms with Crippen LogP contribution >= 0.6 is 0 Å². The van der Waals surface area contributed by atoms with Crippen LogP contribution in [0.15, 0.2) is 54.9 Å². The summed E-state index contributed by atoms with van der Waals surface area (Å²) in [7, 11) is 0. The molecule has 0 radical (unpaired) electrons. The van der Waals surface area contributed by atoms with E-state index in [0.29, 0.717) is 37.9 Å². The van der Waals surface area contributed by atoms with Gasteiger partial charge in [0.25, 0.3) is 0 Å². The molecule has 242 valence electrons. The summed E-state index contributed by atoms with van der Waals surface area (Å²) < 4.78 is 6.20. The molecule has 7 unspecified atom stereocenters. The van der Waals surface area contributed by atoms with Gasteiger partial charge in [-0.05, 0) is 105 Å². The molecule has 0 amide bonds. The van der Waals surface area contributed by atoms with E-state index in [1.54, 1.807) is 24.5 Å². The molecule has 3 aromatic rings. The van der Waals surface area contributed by atoms with E-state index in [4.69, 9.17) is 10.5 Å². The average molecular weight is 615 g/mol. The number of nitrogen functional groups attached to an aromatic ring is 1. The number of phenolic OH excluding ortho intramolecular Hbond substituents is 1. The van der Waals surface area contributed by atoms with Crippen molar-refractivity contribution in [2.75, 3.05) is 12.3 Å². The number of ether oxygens (including phenoxy) is 1. The van der Waals surface area contributed by atoms with Crippen LogP contribution < -0.4 is 15.5 Å². The van der Waals surface area contributed by atoms with Crippen molar-refractivity contribution in [3.8, 4) is 23.3 Å². The van der Waals surface area contributed by atoms with Crippen molar-refractivity contribution < 1.29 is 25.2 Å². The lowest BCUT2D eigenvalue weighted by Gasteiger charge is -2.31. The molecule has 0 spiro atoms. The van der Waals surface area contributed by atoms with Crippen molar-refractivity contribution >= 4 is 5.82 Å². The Morgan fingerprint density at radius 1 is 1.18 bits per heavy atom. The molecule has 2 aliphatic carbocycles. The number of aromatic hydroxyl groups is 1. The number of benzene rings is 1. The van der Waals surface area contributed by atoms with Crippen LogP contribution in [0.2, 0.25) is 0 Å². The molecule has 8 heteroatoms. The zero-order valence-corrected chi connectivity index (χ0v) is 26.3. The van der Waals surface area contributed by atoms with Gasteiger partial charge in [-0.3, -0.25) is 0 Å². The summed E-state index contributed by atoms with van der Waals surface area (Å²) in [4.78, 5) is 8.54. The molecule has 2 bridgehead atoms. The first kappa shape index (κ1) is 32.9. The number of rotatable bonds is 13. The number of aliphatic hydroxyl groups is 3. The van der Waals surface area contributed by atoms with Gasteiger partial charge in [0, 0.05) is 24.0 Å². The Morgan fingerprint density at radius 3 is 2.80 bits per heavy atom. The third-order valence-corrected chi connectivity index (χ3v) is 10.2. The van der Waals surface area contributed by atoms with Gasteiger partial charge in [-0.15, -0.1) is 5.92 Å². The van der Waals surface area contributed by atoms with Crippen molar-refractivity contribution in [3.05, 3.63) is 71.7 Å². The monoisotopic (exact) mass is 614 g/mol. The smallest absolute Gasteiger partial charge is 0.161 e. The number of hydrogen-bond donors (Lipinski definition) is 5. The number of anilines is 1. The van der Waals surface area contributed by atoms with E-state index in [2.05, 4.69) is 28.7 Å². The largest absolute Gasteiger partial charge is 0.668 e. The highest BCUT2D eigenvalue weighted by molar-refractivity contribution is 5.42. The fourth-order valence-electron chi connectivity index (χ4n) is 7.29. The number of pyridine rings is 1. The molecule has 8 nitrogen and oxygen atoms in total. The SMILES string of the molecule is CCC12C#CCC(C(O)CCc3ccc(O)c(OC(CO)CC(Cc4ccc[n-]4)c4ccnc(N)c4)c3)C(O)C(CCC1)CC2. The van der Waals surface area contributed by atoms with E-state index in [9.17, 15) is 20.4 Å². The Bertz CT molecular complexity index is 1430. The van der Waals surface area contributed by atoms with E-state index in [-0.39, 0.29) is 41.3 Å². The first-order valence-electron chi connectivity index (χ1n) is 16.5. The summed E-state index contributed by atoms with van der Waals surface area (Å²) in [6, 6.07) is 12.8. The molecule has 2 heterocycles. The van der Waals surface area contributed by atoms with Gasteiger partial charge in [0.1, 0.15) is 11.9 Å². The van der Waals surface area contributed by atoms with Crippen molar-refractivity contribution in [2.45, 2.75) is 102 Å². The second kappa shape index (κ2) is 15.2. The summed E-state index contributed by atoms with van der Waals surface area (Å²) in [6.45, 7) is 1.97. The van der Waals surface area contributed by atoms with Gasteiger partial charge >= 0.3 is 0 Å². The molecule has 1 saturated carbocycles. The molecule has 6 N–H and O–H groups in total. The van der Waals surface area contributed by atoms with E-state index >= 15 is 0 Å². The normalized spacial score (nSPS) is 25.1. The predicted octanol–water partition coefficient (Wildman–Crippen LogP) is 5.14. The van der Waals surface area contributed by atoms with Gasteiger partial charge in [0.2, 0.25) is 0 Å². The highest BCUT2D eigenvalue weighted by Gasteiger charge is 2.38. The number of aryl methyl sites for hydroxylation is 1. The number of phenols is 1. The molecule has 0 saturated heterocycles. The summed E-state index contributed by atoms with van der Waals surface area (Å²) in [5.74, 6) is 7.46. The van der Waals surface area contributed by atoms with Crippen LogP contribution in [0.4, 0.5) is 5.82 Å². The maximum absolute atomic E-state index is 11.4. The zero-order chi connectivity index (χ0) is 31.8. The van der Waals surface area contributed by atoms with E-state index < -0.39 is 18.3 Å². The second-order valence-electron chi connectivity index (χ2n) is 13.1. The highest BCUT2D eigenvalue weighted by Crippen LogP contribution is 2.43. The number of fused-ring (bicyclic) bond motifs is 3. The highest BCUT2D eigenvalue weighted by atomic mass is 16.5. The number of aromatic nitrogens is 2. The topological polar surface area (TPSA) is 143 Å². The van der Waals surface area contributed by atoms with Crippen LogP contribution in [0.1, 0.15) is 87.4 Å². The molecule has 2 aliphatic rings. The lowest BCUT2D eigenvalue weighted by atomic mass is 9.78.